The number of nitrogens with zero attached hydrogens (tertiary/aromatic N) is 1. The van der Waals surface area contributed by atoms with Gasteiger partial charge in [0.1, 0.15) is 11.8 Å². The van der Waals surface area contributed by atoms with Gasteiger partial charge < -0.3 is 10.1 Å². The highest BCUT2D eigenvalue weighted by atomic mass is 16.5. The number of allylic oxidation sites excluding steroid dienone is 2. The van der Waals surface area contributed by atoms with Gasteiger partial charge in [-0.05, 0) is 44.4 Å². The van der Waals surface area contributed by atoms with Crippen LogP contribution in [0.2, 0.25) is 0 Å². The minimum Gasteiger partial charge on any atom is -0.495 e. The summed E-state index contributed by atoms with van der Waals surface area (Å²) in [5.74, 6) is -1.04. The Morgan fingerprint density at radius 1 is 1.20 bits per heavy atom. The molecule has 3 atom stereocenters. The molecule has 1 aliphatic carbocycles. The third kappa shape index (κ3) is 3.04. The van der Waals surface area contributed by atoms with Crippen LogP contribution in [-0.2, 0) is 14.4 Å². The number of benzene rings is 1. The molecule has 3 amide bonds. The van der Waals surface area contributed by atoms with Crippen LogP contribution in [-0.4, -0.2) is 35.8 Å². The minimum absolute atomic E-state index is 0.252. The van der Waals surface area contributed by atoms with Crippen LogP contribution < -0.4 is 10.1 Å². The van der Waals surface area contributed by atoms with Crippen LogP contribution in [0, 0.1) is 18.8 Å². The molecule has 0 spiro atoms. The fourth-order valence-corrected chi connectivity index (χ4v) is 3.48. The van der Waals surface area contributed by atoms with Crippen LogP contribution in [0.3, 0.4) is 0 Å². The van der Waals surface area contributed by atoms with Crippen LogP contribution in [0.5, 0.6) is 5.75 Å². The SMILES string of the molecule is COc1ccc(C)cc1NC(=O)[C@H](C)N1C(=O)[C@H]2CC=CC[C@@H]2C1=O. The smallest absolute Gasteiger partial charge is 0.247 e. The Bertz CT molecular complexity index is 730. The van der Waals surface area contributed by atoms with Crippen molar-refractivity contribution in [2.75, 3.05) is 12.4 Å². The number of likely N-dealkylation sites (tertiary alicyclic amines) is 1. The predicted octanol–water partition coefficient (Wildman–Crippen LogP) is 2.28. The maximum absolute atomic E-state index is 12.6. The quantitative estimate of drug-likeness (QED) is 0.673. The fraction of sp³-hybridized carbons (Fsp3) is 0.421. The molecule has 25 heavy (non-hydrogen) atoms. The van der Waals surface area contributed by atoms with Gasteiger partial charge in [-0.1, -0.05) is 18.2 Å². The number of anilines is 1. The lowest BCUT2D eigenvalue weighted by Gasteiger charge is -2.23. The van der Waals surface area contributed by atoms with Gasteiger partial charge in [0.2, 0.25) is 17.7 Å². The second-order valence-electron chi connectivity index (χ2n) is 6.57. The summed E-state index contributed by atoms with van der Waals surface area (Å²) in [5.41, 5.74) is 1.49. The lowest BCUT2D eigenvalue weighted by Crippen LogP contribution is -2.46. The summed E-state index contributed by atoms with van der Waals surface area (Å²) in [5, 5.41) is 2.78. The molecule has 0 unspecified atom stereocenters. The second-order valence-corrected chi connectivity index (χ2v) is 6.57. The van der Waals surface area contributed by atoms with E-state index in [1.807, 2.05) is 25.1 Å². The predicted molar refractivity (Wildman–Crippen MR) is 93.0 cm³/mol. The van der Waals surface area contributed by atoms with Gasteiger partial charge in [0, 0.05) is 0 Å². The summed E-state index contributed by atoms with van der Waals surface area (Å²) in [6.45, 7) is 3.49. The Labute approximate surface area is 146 Å². The van der Waals surface area contributed by atoms with Crippen molar-refractivity contribution >= 4 is 23.4 Å². The number of imide groups is 1. The molecule has 0 aromatic heterocycles. The lowest BCUT2D eigenvalue weighted by molar-refractivity contribution is -0.146. The average molecular weight is 342 g/mol. The normalized spacial score (nSPS) is 23.4. The van der Waals surface area contributed by atoms with Crippen LogP contribution in [0.1, 0.15) is 25.3 Å². The summed E-state index contributed by atoms with van der Waals surface area (Å²) < 4.78 is 5.26. The summed E-state index contributed by atoms with van der Waals surface area (Å²) in [4.78, 5) is 39.0. The van der Waals surface area contributed by atoms with E-state index in [4.69, 9.17) is 4.74 Å². The molecule has 6 nitrogen and oxygen atoms in total. The molecule has 132 valence electrons. The van der Waals surface area contributed by atoms with Gasteiger partial charge in [0.15, 0.2) is 0 Å². The molecule has 2 aliphatic rings. The Morgan fingerprint density at radius 2 is 1.80 bits per heavy atom. The van der Waals surface area contributed by atoms with Crippen molar-refractivity contribution in [2.45, 2.75) is 32.7 Å². The van der Waals surface area contributed by atoms with Crippen LogP contribution in [0.15, 0.2) is 30.4 Å². The Hall–Kier alpha value is -2.63. The largest absolute Gasteiger partial charge is 0.495 e. The highest BCUT2D eigenvalue weighted by Gasteiger charge is 2.50. The summed E-state index contributed by atoms with van der Waals surface area (Å²) in [7, 11) is 1.52. The van der Waals surface area contributed by atoms with Crippen molar-refractivity contribution in [3.8, 4) is 5.75 Å². The molecule has 1 aromatic carbocycles. The first-order chi connectivity index (χ1) is 11.9. The van der Waals surface area contributed by atoms with E-state index in [0.717, 1.165) is 10.5 Å². The van der Waals surface area contributed by atoms with Gasteiger partial charge in [0.25, 0.3) is 0 Å². The van der Waals surface area contributed by atoms with Crippen molar-refractivity contribution in [3.05, 3.63) is 35.9 Å². The molecule has 1 N–H and O–H groups in total. The molecule has 3 rings (SSSR count). The van der Waals surface area contributed by atoms with Gasteiger partial charge >= 0.3 is 0 Å². The summed E-state index contributed by atoms with van der Waals surface area (Å²) >= 11 is 0. The van der Waals surface area contributed by atoms with E-state index in [1.165, 1.54) is 7.11 Å². The topological polar surface area (TPSA) is 75.7 Å². The average Bonchev–Trinajstić information content (AvgIpc) is 2.86. The number of aryl methyl sites for hydroxylation is 1. The number of carbonyl (C=O) groups is 3. The first-order valence-corrected chi connectivity index (χ1v) is 8.41. The molecular formula is C19H22N2O4. The first kappa shape index (κ1) is 17.2. The number of hydrogen-bond acceptors (Lipinski definition) is 4. The molecule has 1 fully saturated rings. The van der Waals surface area contributed by atoms with Crippen LogP contribution in [0.4, 0.5) is 5.69 Å². The second kappa shape index (κ2) is 6.70. The molecule has 1 aromatic rings. The number of hydrogen-bond donors (Lipinski definition) is 1. The Morgan fingerprint density at radius 3 is 2.36 bits per heavy atom. The number of ether oxygens (including phenoxy) is 1. The van der Waals surface area contributed by atoms with Crippen molar-refractivity contribution in [1.82, 2.24) is 4.90 Å². The van der Waals surface area contributed by atoms with E-state index < -0.39 is 11.9 Å². The van der Waals surface area contributed by atoms with E-state index in [0.29, 0.717) is 24.3 Å². The molecule has 1 heterocycles. The number of fused-ring (bicyclic) bond motifs is 1. The standard InChI is InChI=1S/C19H22N2O4/c1-11-8-9-16(25-3)15(10-11)20-17(22)12(2)21-18(23)13-6-4-5-7-14(13)19(21)24/h4-5,8-10,12-14H,6-7H2,1-3H3,(H,20,22)/t12-,13-,14-/m0/s1. The zero-order valence-corrected chi connectivity index (χ0v) is 14.6. The molecule has 0 saturated carbocycles. The molecule has 0 bridgehead atoms. The zero-order valence-electron chi connectivity index (χ0n) is 14.6. The molecule has 1 aliphatic heterocycles. The van der Waals surface area contributed by atoms with E-state index in [-0.39, 0.29) is 23.7 Å². The van der Waals surface area contributed by atoms with E-state index in [1.54, 1.807) is 19.1 Å². The van der Waals surface area contributed by atoms with Gasteiger partial charge in [-0.25, -0.2) is 0 Å². The molecule has 1 saturated heterocycles. The number of nitrogens with one attached hydrogen (secondary N) is 1. The number of amides is 3. The van der Waals surface area contributed by atoms with Gasteiger partial charge in [-0.15, -0.1) is 0 Å². The summed E-state index contributed by atoms with van der Waals surface area (Å²) in [6.07, 6.45) is 4.98. The third-order valence-electron chi connectivity index (χ3n) is 4.92. The van der Waals surface area contributed by atoms with E-state index >= 15 is 0 Å². The molecule has 0 radical (unpaired) electrons. The first-order valence-electron chi connectivity index (χ1n) is 8.41. The third-order valence-corrected chi connectivity index (χ3v) is 4.92. The number of rotatable bonds is 4. The van der Waals surface area contributed by atoms with Gasteiger partial charge in [-0.2, -0.15) is 0 Å². The number of methoxy groups -OCH3 is 1. The number of carbonyl (C=O) groups excluding carboxylic acids is 3. The van der Waals surface area contributed by atoms with Gasteiger partial charge in [0.05, 0.1) is 24.6 Å². The summed E-state index contributed by atoms with van der Waals surface area (Å²) in [6, 6.07) is 4.57. The van der Waals surface area contributed by atoms with E-state index in [2.05, 4.69) is 5.32 Å². The monoisotopic (exact) mass is 342 g/mol. The Balaban J connectivity index is 1.78. The maximum Gasteiger partial charge on any atom is 0.247 e. The Kier molecular flexibility index (Phi) is 4.61. The zero-order chi connectivity index (χ0) is 18.1. The van der Waals surface area contributed by atoms with Crippen molar-refractivity contribution < 1.29 is 19.1 Å². The van der Waals surface area contributed by atoms with Crippen molar-refractivity contribution in [1.29, 1.82) is 0 Å². The van der Waals surface area contributed by atoms with Crippen molar-refractivity contribution in [2.24, 2.45) is 11.8 Å². The van der Waals surface area contributed by atoms with Crippen LogP contribution in [0.25, 0.3) is 0 Å². The van der Waals surface area contributed by atoms with Crippen LogP contribution >= 0.6 is 0 Å². The van der Waals surface area contributed by atoms with Gasteiger partial charge in [-0.3, -0.25) is 19.3 Å². The van der Waals surface area contributed by atoms with E-state index in [9.17, 15) is 14.4 Å². The molecular weight excluding hydrogens is 320 g/mol. The minimum atomic E-state index is -0.865. The maximum atomic E-state index is 12.6. The highest BCUT2D eigenvalue weighted by Crippen LogP contribution is 2.36. The highest BCUT2D eigenvalue weighted by molar-refractivity contribution is 6.10. The van der Waals surface area contributed by atoms with Crippen molar-refractivity contribution in [3.63, 3.8) is 0 Å². The lowest BCUT2D eigenvalue weighted by atomic mass is 9.85. The molecule has 6 heteroatoms. The fourth-order valence-electron chi connectivity index (χ4n) is 3.48.